The Morgan fingerprint density at radius 3 is 2.61 bits per heavy atom. The van der Waals surface area contributed by atoms with Gasteiger partial charge in [-0.2, -0.15) is 0 Å². The zero-order valence-corrected chi connectivity index (χ0v) is 14.0. The van der Waals surface area contributed by atoms with Crippen LogP contribution < -0.4 is 5.32 Å². The van der Waals surface area contributed by atoms with E-state index in [1.165, 1.54) is 19.1 Å². The van der Waals surface area contributed by atoms with Gasteiger partial charge < -0.3 is 15.2 Å². The number of phenolic OH excluding ortho intramolecular Hbond substituents is 1. The van der Waals surface area contributed by atoms with Gasteiger partial charge in [0, 0.05) is 11.0 Å². The Bertz CT molecular complexity index is 703. The van der Waals surface area contributed by atoms with Gasteiger partial charge in [0.05, 0.1) is 0 Å². The molecule has 0 fully saturated rings. The van der Waals surface area contributed by atoms with Crippen molar-refractivity contribution in [1.29, 1.82) is 0 Å². The van der Waals surface area contributed by atoms with E-state index in [1.807, 2.05) is 30.3 Å². The second-order valence-corrected chi connectivity index (χ2v) is 5.83. The van der Waals surface area contributed by atoms with Crippen molar-refractivity contribution in [1.82, 2.24) is 5.32 Å². The second kappa shape index (κ2) is 7.78. The number of ether oxygens (including phenoxy) is 1. The molecule has 0 spiro atoms. The number of hydrogen-bond donors (Lipinski definition) is 2. The van der Waals surface area contributed by atoms with Crippen LogP contribution in [0.3, 0.4) is 0 Å². The molecule has 0 radical (unpaired) electrons. The normalized spacial score (nSPS) is 11.6. The number of phenols is 1. The number of benzene rings is 2. The Morgan fingerprint density at radius 2 is 1.91 bits per heavy atom. The summed E-state index contributed by atoms with van der Waals surface area (Å²) in [7, 11) is 0. The predicted octanol–water partition coefficient (Wildman–Crippen LogP) is 3.02. The molecule has 23 heavy (non-hydrogen) atoms. The van der Waals surface area contributed by atoms with Crippen LogP contribution in [0.2, 0.25) is 0 Å². The van der Waals surface area contributed by atoms with Gasteiger partial charge in [-0.15, -0.1) is 0 Å². The Hall–Kier alpha value is -2.34. The summed E-state index contributed by atoms with van der Waals surface area (Å²) < 4.78 is 5.72. The predicted molar refractivity (Wildman–Crippen MR) is 89.0 cm³/mol. The van der Waals surface area contributed by atoms with Crippen molar-refractivity contribution in [2.24, 2.45) is 0 Å². The summed E-state index contributed by atoms with van der Waals surface area (Å²) in [5.74, 6) is -1.36. The van der Waals surface area contributed by atoms with Gasteiger partial charge in [0.25, 0.3) is 5.91 Å². The molecule has 0 bridgehead atoms. The summed E-state index contributed by atoms with van der Waals surface area (Å²) in [5, 5.41) is 12.4. The average Bonchev–Trinajstić information content (AvgIpc) is 2.55. The highest BCUT2D eigenvalue weighted by atomic mass is 79.9. The first-order valence-electron chi connectivity index (χ1n) is 6.98. The van der Waals surface area contributed by atoms with Gasteiger partial charge in [-0.25, -0.2) is 4.79 Å². The largest absolute Gasteiger partial charge is 0.507 e. The Morgan fingerprint density at radius 1 is 1.22 bits per heavy atom. The molecule has 2 aromatic rings. The van der Waals surface area contributed by atoms with E-state index in [1.54, 1.807) is 6.07 Å². The van der Waals surface area contributed by atoms with E-state index in [-0.39, 0.29) is 11.3 Å². The molecule has 0 saturated carbocycles. The minimum atomic E-state index is -0.968. The third kappa shape index (κ3) is 4.82. The summed E-state index contributed by atoms with van der Waals surface area (Å²) in [5.41, 5.74) is 0.950. The summed E-state index contributed by atoms with van der Waals surface area (Å²) in [6.45, 7) is 1.83. The van der Waals surface area contributed by atoms with Crippen molar-refractivity contribution in [3.63, 3.8) is 0 Å². The van der Waals surface area contributed by atoms with Crippen molar-refractivity contribution >= 4 is 27.8 Å². The molecule has 0 aliphatic carbocycles. The number of hydrogen-bond acceptors (Lipinski definition) is 4. The van der Waals surface area contributed by atoms with Crippen LogP contribution in [-0.2, 0) is 16.1 Å². The average molecular weight is 378 g/mol. The number of amides is 1. The van der Waals surface area contributed by atoms with E-state index < -0.39 is 18.0 Å². The molecule has 2 aromatic carbocycles. The zero-order valence-electron chi connectivity index (χ0n) is 12.5. The minimum absolute atomic E-state index is 0.00193. The van der Waals surface area contributed by atoms with E-state index in [2.05, 4.69) is 21.2 Å². The summed E-state index contributed by atoms with van der Waals surface area (Å²) in [4.78, 5) is 24.0. The third-order valence-corrected chi connectivity index (χ3v) is 3.63. The molecule has 0 unspecified atom stereocenters. The molecule has 0 aromatic heterocycles. The molecule has 6 heteroatoms. The number of aromatic hydroxyl groups is 1. The first kappa shape index (κ1) is 17.0. The fourth-order valence-electron chi connectivity index (χ4n) is 1.88. The van der Waals surface area contributed by atoms with Crippen LogP contribution >= 0.6 is 15.9 Å². The standard InChI is InChI=1S/C17H16BrNO4/c1-11(16(21)19-10-12-5-3-2-4-6-12)23-17(22)14-9-13(18)7-8-15(14)20/h2-9,11,20H,10H2,1H3,(H,19,21)/t11-/m0/s1. The lowest BCUT2D eigenvalue weighted by Gasteiger charge is -2.14. The van der Waals surface area contributed by atoms with Crippen molar-refractivity contribution < 1.29 is 19.4 Å². The molecule has 2 rings (SSSR count). The molecule has 0 aliphatic rings. The van der Waals surface area contributed by atoms with Gasteiger partial charge in [0.1, 0.15) is 11.3 Å². The Labute approximate surface area is 142 Å². The van der Waals surface area contributed by atoms with Gasteiger partial charge >= 0.3 is 5.97 Å². The summed E-state index contributed by atoms with van der Waals surface area (Å²) >= 11 is 3.21. The topological polar surface area (TPSA) is 75.6 Å². The lowest BCUT2D eigenvalue weighted by atomic mass is 10.2. The lowest BCUT2D eigenvalue weighted by molar-refractivity contribution is -0.129. The quantitative estimate of drug-likeness (QED) is 0.785. The van der Waals surface area contributed by atoms with E-state index in [9.17, 15) is 14.7 Å². The highest BCUT2D eigenvalue weighted by Crippen LogP contribution is 2.23. The van der Waals surface area contributed by atoms with Crippen molar-refractivity contribution in [2.75, 3.05) is 0 Å². The summed E-state index contributed by atoms with van der Waals surface area (Å²) in [6, 6.07) is 13.8. The maximum atomic E-state index is 12.0. The maximum Gasteiger partial charge on any atom is 0.342 e. The van der Waals surface area contributed by atoms with Crippen LogP contribution in [0, 0.1) is 0 Å². The minimum Gasteiger partial charge on any atom is -0.507 e. The highest BCUT2D eigenvalue weighted by molar-refractivity contribution is 9.10. The molecule has 0 saturated heterocycles. The molecule has 0 aliphatic heterocycles. The highest BCUT2D eigenvalue weighted by Gasteiger charge is 2.21. The van der Waals surface area contributed by atoms with E-state index >= 15 is 0 Å². The van der Waals surface area contributed by atoms with Gasteiger partial charge in [-0.1, -0.05) is 46.3 Å². The molecule has 5 nitrogen and oxygen atoms in total. The maximum absolute atomic E-state index is 12.0. The number of halogens is 1. The first-order valence-corrected chi connectivity index (χ1v) is 7.78. The monoisotopic (exact) mass is 377 g/mol. The number of rotatable bonds is 5. The smallest absolute Gasteiger partial charge is 0.342 e. The van der Waals surface area contributed by atoms with Crippen LogP contribution in [0.1, 0.15) is 22.8 Å². The molecule has 1 atom stereocenters. The Kier molecular flexibility index (Phi) is 5.76. The van der Waals surface area contributed by atoms with Crippen LogP contribution in [0.5, 0.6) is 5.75 Å². The second-order valence-electron chi connectivity index (χ2n) is 4.91. The molecule has 120 valence electrons. The molecule has 1 amide bonds. The van der Waals surface area contributed by atoms with Gasteiger partial charge in [-0.3, -0.25) is 4.79 Å². The van der Waals surface area contributed by atoms with Crippen LogP contribution in [0.25, 0.3) is 0 Å². The van der Waals surface area contributed by atoms with Crippen LogP contribution in [0.15, 0.2) is 53.0 Å². The van der Waals surface area contributed by atoms with Gasteiger partial charge in [-0.05, 0) is 30.7 Å². The van der Waals surface area contributed by atoms with E-state index in [4.69, 9.17) is 4.74 Å². The van der Waals surface area contributed by atoms with Gasteiger partial charge in [0.2, 0.25) is 0 Å². The third-order valence-electron chi connectivity index (χ3n) is 3.14. The number of esters is 1. The van der Waals surface area contributed by atoms with Crippen LogP contribution in [0.4, 0.5) is 0 Å². The van der Waals surface area contributed by atoms with E-state index in [0.717, 1.165) is 5.56 Å². The zero-order chi connectivity index (χ0) is 16.8. The SMILES string of the molecule is C[C@H](OC(=O)c1cc(Br)ccc1O)C(=O)NCc1ccccc1. The molecular formula is C17H16BrNO4. The number of nitrogens with one attached hydrogen (secondary N) is 1. The van der Waals surface area contributed by atoms with Crippen molar-refractivity contribution in [3.05, 3.63) is 64.1 Å². The lowest BCUT2D eigenvalue weighted by Crippen LogP contribution is -2.35. The summed E-state index contributed by atoms with van der Waals surface area (Å²) in [6.07, 6.45) is -0.968. The van der Waals surface area contributed by atoms with Crippen molar-refractivity contribution in [2.45, 2.75) is 19.6 Å². The van der Waals surface area contributed by atoms with Gasteiger partial charge in [0.15, 0.2) is 6.10 Å². The molecular weight excluding hydrogens is 362 g/mol. The molecule has 0 heterocycles. The number of carbonyl (C=O) groups is 2. The van der Waals surface area contributed by atoms with Crippen molar-refractivity contribution in [3.8, 4) is 5.75 Å². The fourth-order valence-corrected chi connectivity index (χ4v) is 2.24. The molecule has 2 N–H and O–H groups in total. The van der Waals surface area contributed by atoms with E-state index in [0.29, 0.717) is 11.0 Å². The Balaban J connectivity index is 1.92. The first-order chi connectivity index (χ1) is 11.0. The van der Waals surface area contributed by atoms with Crippen LogP contribution in [-0.4, -0.2) is 23.1 Å². The fraction of sp³-hybridized carbons (Fsp3) is 0.176. The number of carbonyl (C=O) groups excluding carboxylic acids is 2.